The highest BCUT2D eigenvalue weighted by Gasteiger charge is 2.30. The van der Waals surface area contributed by atoms with Gasteiger partial charge in [0, 0.05) is 11.6 Å². The van der Waals surface area contributed by atoms with Crippen molar-refractivity contribution in [3.8, 4) is 0 Å². The fraction of sp³-hybridized carbons (Fsp3) is 0.500. The molecule has 0 radical (unpaired) electrons. The molecule has 1 aromatic rings. The molecule has 0 spiro atoms. The van der Waals surface area contributed by atoms with Crippen LogP contribution in [0.3, 0.4) is 0 Å². The fourth-order valence-electron chi connectivity index (χ4n) is 3.24. The van der Waals surface area contributed by atoms with Crippen LogP contribution in [0.25, 0.3) is 0 Å². The van der Waals surface area contributed by atoms with Gasteiger partial charge in [0.05, 0.1) is 17.9 Å². The third-order valence-electron chi connectivity index (χ3n) is 4.58. The number of hydrogen-bond acceptors (Lipinski definition) is 6. The molecule has 1 heterocycles. The number of aliphatic imine (C=N–C) groups is 1. The highest BCUT2D eigenvalue weighted by Crippen LogP contribution is 2.22. The number of carbonyl (C=O) groups is 2. The summed E-state index contributed by atoms with van der Waals surface area (Å²) in [6.45, 7) is -0.239. The Kier molecular flexibility index (Phi) is 6.10. The van der Waals surface area contributed by atoms with Crippen molar-refractivity contribution in [2.24, 2.45) is 4.99 Å². The molecule has 27 heavy (non-hydrogen) atoms. The van der Waals surface area contributed by atoms with Crippen LogP contribution in [0.2, 0.25) is 0 Å². The van der Waals surface area contributed by atoms with Crippen molar-refractivity contribution in [2.75, 3.05) is 13.2 Å². The van der Waals surface area contributed by atoms with Crippen LogP contribution in [0.15, 0.2) is 34.2 Å². The third-order valence-corrected chi connectivity index (χ3v) is 5.98. The molecule has 1 aromatic carbocycles. The minimum atomic E-state index is -3.59. The second-order valence-electron chi connectivity index (χ2n) is 6.65. The molecule has 1 aliphatic heterocycles. The minimum Gasteiger partial charge on any atom is -0.456 e. The van der Waals surface area contributed by atoms with Gasteiger partial charge in [-0.25, -0.2) is 8.42 Å². The Morgan fingerprint density at radius 2 is 1.93 bits per heavy atom. The summed E-state index contributed by atoms with van der Waals surface area (Å²) in [7, 11) is -3.59. The lowest BCUT2D eigenvalue weighted by Crippen LogP contribution is -2.38. The zero-order valence-electron chi connectivity index (χ0n) is 14.9. The Hall–Kier alpha value is -2.42. The molecule has 0 unspecified atom stereocenters. The number of nitrogens with one attached hydrogen (secondary N) is 2. The molecule has 0 bridgehead atoms. The van der Waals surface area contributed by atoms with Gasteiger partial charge in [0.2, 0.25) is 0 Å². The topological polar surface area (TPSA) is 114 Å². The summed E-state index contributed by atoms with van der Waals surface area (Å²) in [5.41, 5.74) is 0.484. The number of carbonyl (C=O) groups excluding carboxylic acids is 2. The van der Waals surface area contributed by atoms with Gasteiger partial charge in [-0.05, 0) is 25.0 Å². The molecule has 9 heteroatoms. The van der Waals surface area contributed by atoms with Gasteiger partial charge in [0.15, 0.2) is 6.61 Å². The molecule has 0 atom stereocenters. The Labute approximate surface area is 158 Å². The normalized spacial score (nSPS) is 19.9. The number of hydrogen-bond donors (Lipinski definition) is 2. The molecule has 2 N–H and O–H groups in total. The van der Waals surface area contributed by atoms with Gasteiger partial charge in [0.25, 0.3) is 15.9 Å². The lowest BCUT2D eigenvalue weighted by atomic mass is 9.95. The van der Waals surface area contributed by atoms with Crippen molar-refractivity contribution in [3.05, 3.63) is 29.8 Å². The van der Waals surface area contributed by atoms with Crippen LogP contribution < -0.4 is 10.0 Å². The van der Waals surface area contributed by atoms with E-state index in [0.717, 1.165) is 25.7 Å². The number of amidine groups is 1. The molecule has 2 aliphatic rings. The predicted octanol–water partition coefficient (Wildman–Crippen LogP) is 1.11. The van der Waals surface area contributed by atoms with E-state index in [9.17, 15) is 18.0 Å². The molecule has 3 rings (SSSR count). The standard InChI is InChI=1S/C18H23N3O5S/c22-16(20-13-6-2-1-3-7-13)12-26-17(23)10-11-19-18-14-8-4-5-9-15(14)27(24,25)21-18/h4-5,8-9,13H,1-3,6-7,10-12H2,(H,19,21)(H,20,22). The van der Waals surface area contributed by atoms with E-state index in [1.165, 1.54) is 12.5 Å². The number of sulfonamides is 1. The van der Waals surface area contributed by atoms with E-state index in [-0.39, 0.29) is 42.3 Å². The zero-order chi connectivity index (χ0) is 19.3. The van der Waals surface area contributed by atoms with Gasteiger partial charge in [0.1, 0.15) is 5.84 Å². The smallest absolute Gasteiger partial charge is 0.308 e. The minimum absolute atomic E-state index is 0.0376. The number of benzene rings is 1. The molecular weight excluding hydrogens is 370 g/mol. The average molecular weight is 393 g/mol. The Balaban J connectivity index is 1.43. The van der Waals surface area contributed by atoms with Crippen molar-refractivity contribution in [3.63, 3.8) is 0 Å². The zero-order valence-corrected chi connectivity index (χ0v) is 15.8. The quantitative estimate of drug-likeness (QED) is 0.703. The molecule has 0 saturated heterocycles. The molecule has 146 valence electrons. The fourth-order valence-corrected chi connectivity index (χ4v) is 4.50. The van der Waals surface area contributed by atoms with Gasteiger partial charge < -0.3 is 10.1 Å². The maximum absolute atomic E-state index is 12.0. The number of amides is 1. The summed E-state index contributed by atoms with van der Waals surface area (Å²) < 4.78 is 31.3. The van der Waals surface area contributed by atoms with Crippen LogP contribution in [0, 0.1) is 0 Å². The van der Waals surface area contributed by atoms with E-state index >= 15 is 0 Å². The average Bonchev–Trinajstić information content (AvgIpc) is 2.92. The van der Waals surface area contributed by atoms with E-state index < -0.39 is 16.0 Å². The van der Waals surface area contributed by atoms with Crippen LogP contribution in [-0.4, -0.2) is 45.3 Å². The summed E-state index contributed by atoms with van der Waals surface area (Å²) >= 11 is 0. The summed E-state index contributed by atoms with van der Waals surface area (Å²) in [6.07, 6.45) is 5.31. The van der Waals surface area contributed by atoms with E-state index in [2.05, 4.69) is 15.0 Å². The first kappa shape index (κ1) is 19.3. The van der Waals surface area contributed by atoms with Crippen LogP contribution in [-0.2, 0) is 24.3 Å². The maximum Gasteiger partial charge on any atom is 0.308 e. The van der Waals surface area contributed by atoms with Gasteiger partial charge in [-0.3, -0.25) is 19.3 Å². The number of ether oxygens (including phenoxy) is 1. The summed E-state index contributed by atoms with van der Waals surface area (Å²) in [4.78, 5) is 27.9. The van der Waals surface area contributed by atoms with Gasteiger partial charge in [-0.15, -0.1) is 0 Å². The maximum atomic E-state index is 12.0. The highest BCUT2D eigenvalue weighted by molar-refractivity contribution is 7.90. The third kappa shape index (κ3) is 5.06. The highest BCUT2D eigenvalue weighted by atomic mass is 32.2. The second kappa shape index (κ2) is 8.51. The number of esters is 1. The first-order valence-electron chi connectivity index (χ1n) is 9.07. The van der Waals surface area contributed by atoms with Gasteiger partial charge in [-0.1, -0.05) is 31.4 Å². The van der Waals surface area contributed by atoms with Crippen molar-refractivity contribution in [1.29, 1.82) is 0 Å². The summed E-state index contributed by atoms with van der Waals surface area (Å²) in [6, 6.07) is 6.68. The number of rotatable bonds is 6. The molecular formula is C18H23N3O5S. The Bertz CT molecular complexity index is 844. The molecule has 1 amide bonds. The van der Waals surface area contributed by atoms with Crippen LogP contribution >= 0.6 is 0 Å². The van der Waals surface area contributed by atoms with Crippen molar-refractivity contribution < 1.29 is 22.7 Å². The molecule has 0 aromatic heterocycles. The first-order valence-corrected chi connectivity index (χ1v) is 10.6. The molecule has 1 fully saturated rings. The Morgan fingerprint density at radius 1 is 1.19 bits per heavy atom. The van der Waals surface area contributed by atoms with E-state index in [1.807, 2.05) is 0 Å². The molecule has 8 nitrogen and oxygen atoms in total. The molecule has 1 saturated carbocycles. The van der Waals surface area contributed by atoms with Crippen LogP contribution in [0.4, 0.5) is 0 Å². The van der Waals surface area contributed by atoms with Gasteiger partial charge >= 0.3 is 5.97 Å². The monoisotopic (exact) mass is 393 g/mol. The first-order chi connectivity index (χ1) is 13.0. The predicted molar refractivity (Wildman–Crippen MR) is 98.8 cm³/mol. The second-order valence-corrected chi connectivity index (χ2v) is 8.30. The Morgan fingerprint density at radius 3 is 2.70 bits per heavy atom. The van der Waals surface area contributed by atoms with E-state index in [1.54, 1.807) is 18.2 Å². The lowest BCUT2D eigenvalue weighted by Gasteiger charge is -2.22. The van der Waals surface area contributed by atoms with E-state index in [4.69, 9.17) is 4.74 Å². The molecule has 1 aliphatic carbocycles. The van der Waals surface area contributed by atoms with Crippen molar-refractivity contribution in [2.45, 2.75) is 49.5 Å². The van der Waals surface area contributed by atoms with Crippen LogP contribution in [0.5, 0.6) is 0 Å². The van der Waals surface area contributed by atoms with Crippen molar-refractivity contribution in [1.82, 2.24) is 10.0 Å². The number of nitrogens with zero attached hydrogens (tertiary/aromatic N) is 1. The van der Waals surface area contributed by atoms with Crippen LogP contribution in [0.1, 0.15) is 44.1 Å². The number of fused-ring (bicyclic) bond motifs is 1. The lowest BCUT2D eigenvalue weighted by molar-refractivity contribution is -0.148. The SMILES string of the molecule is O=C(COC(=O)CCN=C1NS(=O)(=O)c2ccccc21)NC1CCCCC1. The van der Waals surface area contributed by atoms with Gasteiger partial charge in [-0.2, -0.15) is 0 Å². The summed E-state index contributed by atoms with van der Waals surface area (Å²) in [5.74, 6) is -0.625. The summed E-state index contributed by atoms with van der Waals surface area (Å²) in [5, 5.41) is 2.87. The van der Waals surface area contributed by atoms with E-state index in [0.29, 0.717) is 5.56 Å². The largest absolute Gasteiger partial charge is 0.456 e. The van der Waals surface area contributed by atoms with Crippen molar-refractivity contribution >= 4 is 27.7 Å².